The molecule has 0 N–H and O–H groups in total. The molecule has 0 radical (unpaired) electrons. The van der Waals surface area contributed by atoms with E-state index < -0.39 is 0 Å². The summed E-state index contributed by atoms with van der Waals surface area (Å²) in [4.78, 5) is 9.16. The van der Waals surface area contributed by atoms with Crippen molar-refractivity contribution in [3.63, 3.8) is 0 Å². The topological polar surface area (TPSA) is 76.1 Å². The molecule has 0 aromatic carbocycles. The molecular weight excluding hydrogens is 330 g/mol. The average molecular weight is 359 g/mol. The number of piperidine rings is 2. The Morgan fingerprint density at radius 1 is 1.04 bits per heavy atom. The lowest BCUT2D eigenvalue weighted by molar-refractivity contribution is 0.213. The Bertz CT molecular complexity index is 711. The second kappa shape index (κ2) is 7.73. The molecule has 2 aromatic rings. The number of rotatable bonds is 5. The predicted octanol–water partition coefficient (Wildman–Crippen LogP) is 2.13. The van der Waals surface area contributed by atoms with Crippen LogP contribution in [-0.2, 0) is 20.0 Å². The van der Waals surface area contributed by atoms with Crippen LogP contribution in [0, 0.1) is 0 Å². The third-order valence-corrected chi connectivity index (χ3v) is 5.72. The summed E-state index contributed by atoms with van der Waals surface area (Å²) in [5, 5.41) is 13.1. The van der Waals surface area contributed by atoms with Crippen molar-refractivity contribution < 1.29 is 4.52 Å². The van der Waals surface area contributed by atoms with E-state index >= 15 is 0 Å². The van der Waals surface area contributed by atoms with Crippen LogP contribution < -0.4 is 4.90 Å². The highest BCUT2D eigenvalue weighted by Crippen LogP contribution is 2.28. The van der Waals surface area contributed by atoms with E-state index in [9.17, 15) is 0 Å². The first-order chi connectivity index (χ1) is 12.7. The minimum atomic E-state index is 0.455. The SMILES string of the molecule is CCc1nc(N2CCC(c3nnc(CN4CCCCC4)n3C)CC2)no1. The Labute approximate surface area is 154 Å². The zero-order chi connectivity index (χ0) is 17.9. The zero-order valence-corrected chi connectivity index (χ0v) is 15.9. The van der Waals surface area contributed by atoms with Crippen LogP contribution in [0.15, 0.2) is 4.52 Å². The van der Waals surface area contributed by atoms with Gasteiger partial charge in [-0.15, -0.1) is 10.2 Å². The van der Waals surface area contributed by atoms with E-state index in [1.165, 1.54) is 32.4 Å². The fourth-order valence-electron chi connectivity index (χ4n) is 4.04. The van der Waals surface area contributed by atoms with Gasteiger partial charge < -0.3 is 14.0 Å². The minimum absolute atomic E-state index is 0.455. The van der Waals surface area contributed by atoms with Crippen molar-refractivity contribution >= 4 is 5.95 Å². The monoisotopic (exact) mass is 359 g/mol. The van der Waals surface area contributed by atoms with E-state index in [0.29, 0.717) is 11.8 Å². The standard InChI is InChI=1S/C18H29N7O/c1-3-16-19-18(22-26-16)25-11-7-14(8-12-25)17-21-20-15(23(17)2)13-24-9-5-4-6-10-24/h14H,3-13H2,1-2H3. The van der Waals surface area contributed by atoms with Crippen molar-refractivity contribution in [3.8, 4) is 0 Å². The van der Waals surface area contributed by atoms with Gasteiger partial charge in [0.05, 0.1) is 6.54 Å². The van der Waals surface area contributed by atoms with Crippen LogP contribution in [-0.4, -0.2) is 56.0 Å². The number of anilines is 1. The molecule has 26 heavy (non-hydrogen) atoms. The Kier molecular flexibility index (Phi) is 5.19. The molecule has 2 aromatic heterocycles. The largest absolute Gasteiger partial charge is 0.338 e. The number of likely N-dealkylation sites (tertiary alicyclic amines) is 1. The summed E-state index contributed by atoms with van der Waals surface area (Å²) in [5.41, 5.74) is 0. The van der Waals surface area contributed by atoms with E-state index in [1.54, 1.807) is 0 Å². The van der Waals surface area contributed by atoms with Crippen LogP contribution in [0.4, 0.5) is 5.95 Å². The normalized spacial score (nSPS) is 20.0. The molecule has 0 unspecified atom stereocenters. The molecular formula is C18H29N7O. The highest BCUT2D eigenvalue weighted by molar-refractivity contribution is 5.29. The Morgan fingerprint density at radius 2 is 1.81 bits per heavy atom. The van der Waals surface area contributed by atoms with Crippen molar-refractivity contribution in [3.05, 3.63) is 17.5 Å². The van der Waals surface area contributed by atoms with Crippen LogP contribution in [0.25, 0.3) is 0 Å². The summed E-state index contributed by atoms with van der Waals surface area (Å²) in [6, 6.07) is 0. The Hall–Kier alpha value is -1.96. The fraction of sp³-hybridized carbons (Fsp3) is 0.778. The summed E-state index contributed by atoms with van der Waals surface area (Å²) < 4.78 is 7.46. The molecule has 8 nitrogen and oxygen atoms in total. The second-order valence-electron chi connectivity index (χ2n) is 7.47. The lowest BCUT2D eigenvalue weighted by atomic mass is 9.96. The second-order valence-corrected chi connectivity index (χ2v) is 7.47. The minimum Gasteiger partial charge on any atom is -0.338 e. The first-order valence-electron chi connectivity index (χ1n) is 9.92. The first kappa shape index (κ1) is 17.5. The Morgan fingerprint density at radius 3 is 2.50 bits per heavy atom. The summed E-state index contributed by atoms with van der Waals surface area (Å²) >= 11 is 0. The molecule has 4 rings (SSSR count). The molecule has 0 saturated carbocycles. The number of hydrogen-bond donors (Lipinski definition) is 0. The van der Waals surface area contributed by atoms with Gasteiger partial charge in [0.1, 0.15) is 11.6 Å². The van der Waals surface area contributed by atoms with Crippen LogP contribution in [0.1, 0.15) is 62.5 Å². The summed E-state index contributed by atoms with van der Waals surface area (Å²) in [6.45, 7) is 7.18. The van der Waals surface area contributed by atoms with E-state index in [4.69, 9.17) is 4.52 Å². The molecule has 4 heterocycles. The maximum Gasteiger partial charge on any atom is 0.266 e. The lowest BCUT2D eigenvalue weighted by Crippen LogP contribution is -2.34. The smallest absolute Gasteiger partial charge is 0.266 e. The predicted molar refractivity (Wildman–Crippen MR) is 98.0 cm³/mol. The summed E-state index contributed by atoms with van der Waals surface area (Å²) in [7, 11) is 2.12. The van der Waals surface area contributed by atoms with E-state index in [0.717, 1.165) is 56.5 Å². The number of hydrogen-bond acceptors (Lipinski definition) is 7. The molecule has 0 atom stereocenters. The van der Waals surface area contributed by atoms with Crippen molar-refractivity contribution in [2.75, 3.05) is 31.1 Å². The Balaban J connectivity index is 1.36. The molecule has 2 saturated heterocycles. The average Bonchev–Trinajstić information content (AvgIpc) is 3.30. The van der Waals surface area contributed by atoms with Gasteiger partial charge in [-0.3, -0.25) is 4.90 Å². The van der Waals surface area contributed by atoms with E-state index in [1.807, 2.05) is 6.92 Å². The number of nitrogens with zero attached hydrogens (tertiary/aromatic N) is 7. The van der Waals surface area contributed by atoms with Crippen molar-refractivity contribution in [2.45, 2.75) is 57.9 Å². The maximum absolute atomic E-state index is 5.24. The summed E-state index contributed by atoms with van der Waals surface area (Å²) in [5.74, 6) is 4.10. The third-order valence-electron chi connectivity index (χ3n) is 5.72. The molecule has 0 spiro atoms. The van der Waals surface area contributed by atoms with Gasteiger partial charge in [0, 0.05) is 32.5 Å². The third kappa shape index (κ3) is 3.60. The van der Waals surface area contributed by atoms with E-state index in [2.05, 4.69) is 41.8 Å². The molecule has 0 bridgehead atoms. The van der Waals surface area contributed by atoms with Gasteiger partial charge >= 0.3 is 0 Å². The highest BCUT2D eigenvalue weighted by Gasteiger charge is 2.27. The lowest BCUT2D eigenvalue weighted by Gasteiger charge is -2.30. The van der Waals surface area contributed by atoms with Gasteiger partial charge in [0.15, 0.2) is 0 Å². The molecule has 0 aliphatic carbocycles. The maximum atomic E-state index is 5.24. The van der Waals surface area contributed by atoms with Gasteiger partial charge in [-0.25, -0.2) is 0 Å². The quantitative estimate of drug-likeness (QED) is 0.809. The highest BCUT2D eigenvalue weighted by atomic mass is 16.5. The van der Waals surface area contributed by atoms with Crippen molar-refractivity contribution in [2.24, 2.45) is 7.05 Å². The van der Waals surface area contributed by atoms with Gasteiger partial charge in [-0.1, -0.05) is 13.3 Å². The molecule has 8 heteroatoms. The van der Waals surface area contributed by atoms with Crippen molar-refractivity contribution in [1.29, 1.82) is 0 Å². The molecule has 2 fully saturated rings. The number of aromatic nitrogens is 5. The van der Waals surface area contributed by atoms with Gasteiger partial charge in [-0.2, -0.15) is 4.98 Å². The summed E-state index contributed by atoms with van der Waals surface area (Å²) in [6.07, 6.45) is 6.84. The van der Waals surface area contributed by atoms with Gasteiger partial charge in [-0.05, 0) is 43.9 Å². The van der Waals surface area contributed by atoms with Crippen LogP contribution >= 0.6 is 0 Å². The van der Waals surface area contributed by atoms with Gasteiger partial charge in [0.25, 0.3) is 5.95 Å². The van der Waals surface area contributed by atoms with Gasteiger partial charge in [0.2, 0.25) is 5.89 Å². The van der Waals surface area contributed by atoms with Crippen LogP contribution in [0.3, 0.4) is 0 Å². The molecule has 142 valence electrons. The molecule has 2 aliphatic rings. The van der Waals surface area contributed by atoms with Crippen molar-refractivity contribution in [1.82, 2.24) is 29.8 Å². The first-order valence-corrected chi connectivity index (χ1v) is 9.92. The number of aryl methyl sites for hydroxylation is 1. The fourth-order valence-corrected chi connectivity index (χ4v) is 4.04. The molecule has 0 amide bonds. The van der Waals surface area contributed by atoms with E-state index in [-0.39, 0.29) is 0 Å². The molecule has 2 aliphatic heterocycles. The van der Waals surface area contributed by atoms with Crippen LogP contribution in [0.2, 0.25) is 0 Å². The zero-order valence-electron chi connectivity index (χ0n) is 15.9. The van der Waals surface area contributed by atoms with Crippen LogP contribution in [0.5, 0.6) is 0 Å².